The lowest BCUT2D eigenvalue weighted by Gasteiger charge is -2.18. The van der Waals surface area contributed by atoms with Gasteiger partial charge in [0.05, 0.1) is 12.5 Å². The van der Waals surface area contributed by atoms with Crippen LogP contribution in [0.1, 0.15) is 6.42 Å². The molecule has 0 aliphatic carbocycles. The average molecular weight is 131 g/mol. The van der Waals surface area contributed by atoms with Crippen LogP contribution in [0.4, 0.5) is 0 Å². The third-order valence-corrected chi connectivity index (χ3v) is 1.35. The highest BCUT2D eigenvalue weighted by molar-refractivity contribution is 5.70. The Labute approximate surface area is 52.8 Å². The predicted octanol–water partition coefficient (Wildman–Crippen LogP) is -0.388. The van der Waals surface area contributed by atoms with Crippen LogP contribution in [0.3, 0.4) is 0 Å². The zero-order chi connectivity index (χ0) is 6.69. The number of nitrogens with one attached hydrogen (secondary N) is 1. The zero-order valence-electron chi connectivity index (χ0n) is 4.96. The average Bonchev–Trinajstić information content (AvgIpc) is 1.90. The van der Waals surface area contributed by atoms with Gasteiger partial charge in [0.1, 0.15) is 0 Å². The van der Waals surface area contributed by atoms with Gasteiger partial charge in [0.15, 0.2) is 0 Å². The summed E-state index contributed by atoms with van der Waals surface area (Å²) in [5, 5.41) is 8.44. The lowest BCUT2D eigenvalue weighted by atomic mass is 10.1. The molecule has 0 amide bonds. The molecule has 0 radical (unpaired) electrons. The molecule has 0 spiro atoms. The summed E-state index contributed by atoms with van der Waals surface area (Å²) in [6.07, 6.45) is 0.613. The third-order valence-electron chi connectivity index (χ3n) is 1.35. The number of aliphatic carboxylic acids is 1. The van der Waals surface area contributed by atoms with Gasteiger partial charge in [0, 0.05) is 6.54 Å². The fraction of sp³-hybridized carbons (Fsp3) is 0.800. The van der Waals surface area contributed by atoms with Gasteiger partial charge in [0.25, 0.3) is 0 Å². The van der Waals surface area contributed by atoms with Crippen molar-refractivity contribution in [3.8, 4) is 0 Å². The van der Waals surface area contributed by atoms with Gasteiger partial charge in [-0.25, -0.2) is 5.48 Å². The number of hydrogen-bond acceptors (Lipinski definition) is 3. The highest BCUT2D eigenvalue weighted by Crippen LogP contribution is 2.05. The molecule has 1 rings (SSSR count). The van der Waals surface area contributed by atoms with Gasteiger partial charge in [0.2, 0.25) is 0 Å². The number of hydrogen-bond donors (Lipinski definition) is 2. The number of hydroxylamine groups is 1. The second-order valence-electron chi connectivity index (χ2n) is 2.02. The van der Waals surface area contributed by atoms with E-state index in [0.29, 0.717) is 19.6 Å². The molecule has 52 valence electrons. The van der Waals surface area contributed by atoms with E-state index in [1.54, 1.807) is 0 Å². The van der Waals surface area contributed by atoms with Gasteiger partial charge in [-0.3, -0.25) is 4.79 Å². The van der Waals surface area contributed by atoms with Crippen LogP contribution in [0.15, 0.2) is 0 Å². The lowest BCUT2D eigenvalue weighted by molar-refractivity contribution is -0.146. The predicted molar refractivity (Wildman–Crippen MR) is 29.7 cm³/mol. The van der Waals surface area contributed by atoms with Crippen molar-refractivity contribution >= 4 is 5.97 Å². The van der Waals surface area contributed by atoms with Crippen molar-refractivity contribution in [3.05, 3.63) is 0 Å². The van der Waals surface area contributed by atoms with Crippen LogP contribution in [0.25, 0.3) is 0 Å². The molecule has 0 aromatic heterocycles. The fourth-order valence-corrected chi connectivity index (χ4v) is 0.746. The molecule has 1 fully saturated rings. The van der Waals surface area contributed by atoms with Crippen LogP contribution in [-0.2, 0) is 9.63 Å². The lowest BCUT2D eigenvalue weighted by Crippen LogP contribution is -2.35. The van der Waals surface area contributed by atoms with Crippen molar-refractivity contribution in [2.45, 2.75) is 6.42 Å². The molecule has 4 nitrogen and oxygen atoms in total. The van der Waals surface area contributed by atoms with Crippen molar-refractivity contribution in [2.24, 2.45) is 5.92 Å². The molecule has 0 bridgehead atoms. The van der Waals surface area contributed by atoms with Crippen molar-refractivity contribution in [1.29, 1.82) is 0 Å². The molecular formula is C5H9NO3. The molecule has 1 unspecified atom stereocenters. The molecule has 1 atom stereocenters. The third kappa shape index (κ3) is 1.65. The minimum absolute atomic E-state index is 0.265. The minimum atomic E-state index is -0.745. The first kappa shape index (κ1) is 6.51. The molecule has 1 aliphatic rings. The highest BCUT2D eigenvalue weighted by Gasteiger charge is 2.19. The van der Waals surface area contributed by atoms with Gasteiger partial charge in [-0.1, -0.05) is 0 Å². The summed E-state index contributed by atoms with van der Waals surface area (Å²) >= 11 is 0. The van der Waals surface area contributed by atoms with Gasteiger partial charge >= 0.3 is 5.97 Å². The Morgan fingerprint density at radius 1 is 1.78 bits per heavy atom. The van der Waals surface area contributed by atoms with E-state index < -0.39 is 5.97 Å². The van der Waals surface area contributed by atoms with Gasteiger partial charge in [-0.05, 0) is 6.42 Å². The summed E-state index contributed by atoms with van der Waals surface area (Å²) in [6.45, 7) is 0.923. The maximum Gasteiger partial charge on any atom is 0.307 e. The monoisotopic (exact) mass is 131 g/mol. The summed E-state index contributed by atoms with van der Waals surface area (Å²) in [7, 11) is 0. The van der Waals surface area contributed by atoms with E-state index in [1.807, 2.05) is 0 Å². The first-order valence-electron chi connectivity index (χ1n) is 2.88. The maximum absolute atomic E-state index is 10.3. The first-order chi connectivity index (χ1) is 4.30. The molecule has 0 aromatic carbocycles. The first-order valence-corrected chi connectivity index (χ1v) is 2.88. The Hall–Kier alpha value is -0.610. The van der Waals surface area contributed by atoms with Crippen LogP contribution < -0.4 is 5.48 Å². The Kier molecular flexibility index (Phi) is 2.02. The Balaban J connectivity index is 2.31. The maximum atomic E-state index is 10.3. The minimum Gasteiger partial charge on any atom is -0.481 e. The molecule has 0 aromatic rings. The largest absolute Gasteiger partial charge is 0.481 e. The van der Waals surface area contributed by atoms with E-state index in [4.69, 9.17) is 9.94 Å². The van der Waals surface area contributed by atoms with Gasteiger partial charge in [-0.2, -0.15) is 0 Å². The van der Waals surface area contributed by atoms with Crippen LogP contribution in [0.5, 0.6) is 0 Å². The molecule has 2 N–H and O–H groups in total. The summed E-state index contributed by atoms with van der Waals surface area (Å²) in [5.41, 5.74) is 2.54. The van der Waals surface area contributed by atoms with Gasteiger partial charge in [-0.15, -0.1) is 0 Å². The van der Waals surface area contributed by atoms with Crippen molar-refractivity contribution < 1.29 is 14.7 Å². The Morgan fingerprint density at radius 2 is 2.56 bits per heavy atom. The molecular weight excluding hydrogens is 122 g/mol. The molecule has 1 aliphatic heterocycles. The molecule has 4 heteroatoms. The number of carboxylic acid groups (broad SMARTS) is 1. The van der Waals surface area contributed by atoms with Crippen LogP contribution in [0, 0.1) is 5.92 Å². The Morgan fingerprint density at radius 3 is 2.89 bits per heavy atom. The summed E-state index contributed by atoms with van der Waals surface area (Å²) in [4.78, 5) is 15.0. The standard InChI is InChI=1S/C5H9NO3/c7-5(8)4-1-2-9-6-3-4/h4,6H,1-3H2,(H,7,8). The number of rotatable bonds is 1. The van der Waals surface area contributed by atoms with E-state index in [9.17, 15) is 4.79 Å². The molecule has 0 saturated carbocycles. The Bertz CT molecular complexity index is 109. The van der Waals surface area contributed by atoms with Gasteiger partial charge < -0.3 is 9.94 Å². The summed E-state index contributed by atoms with van der Waals surface area (Å²) in [6, 6.07) is 0. The van der Waals surface area contributed by atoms with E-state index in [2.05, 4.69) is 5.48 Å². The SMILES string of the molecule is O=C(O)C1CCONC1. The summed E-state index contributed by atoms with van der Waals surface area (Å²) in [5.74, 6) is -1.01. The van der Waals surface area contributed by atoms with Crippen LogP contribution in [-0.4, -0.2) is 24.2 Å². The van der Waals surface area contributed by atoms with E-state index in [1.165, 1.54) is 0 Å². The zero-order valence-corrected chi connectivity index (χ0v) is 4.96. The number of carbonyl (C=O) groups is 1. The van der Waals surface area contributed by atoms with E-state index in [-0.39, 0.29) is 5.92 Å². The fourth-order valence-electron chi connectivity index (χ4n) is 0.746. The second-order valence-corrected chi connectivity index (χ2v) is 2.02. The van der Waals surface area contributed by atoms with Crippen molar-refractivity contribution in [1.82, 2.24) is 5.48 Å². The molecule has 1 saturated heterocycles. The molecule has 1 heterocycles. The van der Waals surface area contributed by atoms with Crippen LogP contribution in [0.2, 0.25) is 0 Å². The van der Waals surface area contributed by atoms with Crippen molar-refractivity contribution in [2.75, 3.05) is 13.2 Å². The van der Waals surface area contributed by atoms with E-state index in [0.717, 1.165) is 0 Å². The highest BCUT2D eigenvalue weighted by atomic mass is 16.6. The second kappa shape index (κ2) is 2.80. The molecule has 9 heavy (non-hydrogen) atoms. The topological polar surface area (TPSA) is 58.6 Å². The smallest absolute Gasteiger partial charge is 0.307 e. The van der Waals surface area contributed by atoms with Crippen LogP contribution >= 0.6 is 0 Å². The number of carboxylic acids is 1. The quantitative estimate of drug-likeness (QED) is 0.509. The van der Waals surface area contributed by atoms with E-state index >= 15 is 0 Å². The van der Waals surface area contributed by atoms with Crippen molar-refractivity contribution in [3.63, 3.8) is 0 Å². The normalized spacial score (nSPS) is 27.8. The summed E-state index contributed by atoms with van der Waals surface area (Å²) < 4.78 is 0.